The second-order valence-electron chi connectivity index (χ2n) is 4.81. The minimum atomic E-state index is -0.608. The second-order valence-corrected chi connectivity index (χ2v) is 6.29. The van der Waals surface area contributed by atoms with Crippen LogP contribution >= 0.6 is 11.8 Å². The van der Waals surface area contributed by atoms with Gasteiger partial charge in [-0.15, -0.1) is 0 Å². The van der Waals surface area contributed by atoms with Crippen molar-refractivity contribution in [3.8, 4) is 0 Å². The van der Waals surface area contributed by atoms with Gasteiger partial charge in [0, 0.05) is 17.1 Å². The summed E-state index contributed by atoms with van der Waals surface area (Å²) in [7, 11) is 0. The van der Waals surface area contributed by atoms with E-state index in [-0.39, 0.29) is 5.92 Å². The molecule has 0 amide bonds. The third-order valence-electron chi connectivity index (χ3n) is 3.68. The van der Waals surface area contributed by atoms with Crippen molar-refractivity contribution in [1.82, 2.24) is 0 Å². The molecule has 2 fully saturated rings. The molecule has 0 spiro atoms. The fraction of sp³-hybridized carbons (Fsp3) is 0.917. The summed E-state index contributed by atoms with van der Waals surface area (Å²) < 4.78 is 5.53. The maximum atomic E-state index is 11.2. The smallest absolute Gasteiger partial charge is 0.307 e. The molecule has 1 heterocycles. The quantitative estimate of drug-likeness (QED) is 0.828. The van der Waals surface area contributed by atoms with Gasteiger partial charge in [0.2, 0.25) is 0 Å². The molecule has 0 aromatic rings. The lowest BCUT2D eigenvalue weighted by atomic mass is 9.89. The summed E-state index contributed by atoms with van der Waals surface area (Å²) in [6.07, 6.45) is 5.55. The molecule has 1 aliphatic carbocycles. The van der Waals surface area contributed by atoms with Crippen LogP contribution in [0.25, 0.3) is 0 Å². The van der Waals surface area contributed by atoms with E-state index in [9.17, 15) is 9.90 Å². The van der Waals surface area contributed by atoms with Gasteiger partial charge in [-0.05, 0) is 26.2 Å². The van der Waals surface area contributed by atoms with Crippen molar-refractivity contribution in [3.05, 3.63) is 0 Å². The van der Waals surface area contributed by atoms with Crippen LogP contribution in [-0.4, -0.2) is 34.3 Å². The second kappa shape index (κ2) is 5.41. The molecule has 3 nitrogen and oxygen atoms in total. The van der Waals surface area contributed by atoms with Crippen LogP contribution in [0.15, 0.2) is 0 Å². The monoisotopic (exact) mass is 244 g/mol. The highest BCUT2D eigenvalue weighted by Gasteiger charge is 2.35. The van der Waals surface area contributed by atoms with Crippen LogP contribution in [0.5, 0.6) is 0 Å². The van der Waals surface area contributed by atoms with E-state index in [1.807, 2.05) is 11.8 Å². The highest BCUT2D eigenvalue weighted by Crippen LogP contribution is 2.39. The van der Waals surface area contributed by atoms with Crippen molar-refractivity contribution in [2.45, 2.75) is 55.6 Å². The minimum absolute atomic E-state index is 0.133. The Morgan fingerprint density at radius 1 is 1.25 bits per heavy atom. The maximum absolute atomic E-state index is 11.2. The van der Waals surface area contributed by atoms with E-state index in [1.54, 1.807) is 0 Å². The van der Waals surface area contributed by atoms with Crippen molar-refractivity contribution in [2.24, 2.45) is 5.92 Å². The Morgan fingerprint density at radius 2 is 2.00 bits per heavy atom. The molecular weight excluding hydrogens is 224 g/mol. The Kier molecular flexibility index (Phi) is 4.14. The molecule has 1 saturated carbocycles. The first-order valence-electron chi connectivity index (χ1n) is 6.18. The van der Waals surface area contributed by atoms with Crippen LogP contribution in [0.4, 0.5) is 0 Å². The molecule has 4 heteroatoms. The maximum Gasteiger partial charge on any atom is 0.307 e. The lowest BCUT2D eigenvalue weighted by Crippen LogP contribution is -2.31. The zero-order valence-corrected chi connectivity index (χ0v) is 10.5. The molecular formula is C12H20O3S. The standard InChI is InChI=1S/C12H20O3S/c1-8-10(6-7-15-8)16-11-5-3-2-4-9(11)12(13)14/h8-11H,2-7H2,1H3,(H,13,14). The summed E-state index contributed by atoms with van der Waals surface area (Å²) in [6.45, 7) is 2.94. The van der Waals surface area contributed by atoms with E-state index < -0.39 is 5.97 Å². The van der Waals surface area contributed by atoms with E-state index >= 15 is 0 Å². The highest BCUT2D eigenvalue weighted by atomic mass is 32.2. The minimum Gasteiger partial charge on any atom is -0.481 e. The van der Waals surface area contributed by atoms with Gasteiger partial charge in [-0.25, -0.2) is 0 Å². The Bertz CT molecular complexity index is 257. The van der Waals surface area contributed by atoms with Crippen LogP contribution in [-0.2, 0) is 9.53 Å². The van der Waals surface area contributed by atoms with Gasteiger partial charge < -0.3 is 9.84 Å². The predicted molar refractivity (Wildman–Crippen MR) is 64.8 cm³/mol. The molecule has 16 heavy (non-hydrogen) atoms. The number of carboxylic acids is 1. The van der Waals surface area contributed by atoms with Gasteiger partial charge in [0.25, 0.3) is 0 Å². The number of ether oxygens (including phenoxy) is 1. The average molecular weight is 244 g/mol. The van der Waals surface area contributed by atoms with E-state index in [0.29, 0.717) is 16.6 Å². The molecule has 92 valence electrons. The molecule has 2 aliphatic rings. The van der Waals surface area contributed by atoms with E-state index in [2.05, 4.69) is 6.92 Å². The zero-order valence-electron chi connectivity index (χ0n) is 9.72. The molecule has 1 saturated heterocycles. The van der Waals surface area contributed by atoms with Crippen LogP contribution in [0, 0.1) is 5.92 Å². The van der Waals surface area contributed by atoms with Crippen molar-refractivity contribution in [1.29, 1.82) is 0 Å². The van der Waals surface area contributed by atoms with Crippen molar-refractivity contribution in [3.63, 3.8) is 0 Å². The van der Waals surface area contributed by atoms with Crippen LogP contribution in [0.1, 0.15) is 39.0 Å². The molecule has 1 N–H and O–H groups in total. The predicted octanol–water partition coefficient (Wildman–Crippen LogP) is 2.54. The van der Waals surface area contributed by atoms with Crippen LogP contribution in [0.2, 0.25) is 0 Å². The Morgan fingerprint density at radius 3 is 2.62 bits per heavy atom. The Labute approximate surface area is 101 Å². The molecule has 1 aliphatic heterocycles. The summed E-state index contributed by atoms with van der Waals surface area (Å²) in [5.74, 6) is -0.740. The topological polar surface area (TPSA) is 46.5 Å². The Hall–Kier alpha value is -0.220. The Balaban J connectivity index is 1.93. The number of carboxylic acid groups (broad SMARTS) is 1. The van der Waals surface area contributed by atoms with Gasteiger partial charge in [0.1, 0.15) is 0 Å². The number of hydrogen-bond acceptors (Lipinski definition) is 3. The van der Waals surface area contributed by atoms with Crippen molar-refractivity contribution >= 4 is 17.7 Å². The first kappa shape index (κ1) is 12.2. The molecule has 0 aromatic carbocycles. The van der Waals surface area contributed by atoms with Crippen molar-refractivity contribution in [2.75, 3.05) is 6.61 Å². The third kappa shape index (κ3) is 2.72. The number of rotatable bonds is 3. The molecule has 4 unspecified atom stereocenters. The number of thioether (sulfide) groups is 1. The van der Waals surface area contributed by atoms with Gasteiger partial charge in [-0.2, -0.15) is 11.8 Å². The largest absolute Gasteiger partial charge is 0.481 e. The van der Waals surface area contributed by atoms with Crippen LogP contribution in [0.3, 0.4) is 0 Å². The third-order valence-corrected chi connectivity index (χ3v) is 5.56. The first-order valence-corrected chi connectivity index (χ1v) is 7.12. The lowest BCUT2D eigenvalue weighted by Gasteiger charge is -2.30. The molecule has 4 atom stereocenters. The molecule has 0 aromatic heterocycles. The normalized spacial score (nSPS) is 39.8. The zero-order chi connectivity index (χ0) is 11.5. The summed E-state index contributed by atoms with van der Waals surface area (Å²) in [5.41, 5.74) is 0. The highest BCUT2D eigenvalue weighted by molar-refractivity contribution is 8.00. The van der Waals surface area contributed by atoms with E-state index in [4.69, 9.17) is 4.74 Å². The molecule has 0 bridgehead atoms. The number of aliphatic carboxylic acids is 1. The molecule has 0 radical (unpaired) electrons. The van der Waals surface area contributed by atoms with E-state index in [0.717, 1.165) is 32.3 Å². The number of hydrogen-bond donors (Lipinski definition) is 1. The SMILES string of the molecule is CC1OCCC1SC1CCCCC1C(=O)O. The summed E-state index contributed by atoms with van der Waals surface area (Å²) >= 11 is 1.87. The molecule has 2 rings (SSSR count). The lowest BCUT2D eigenvalue weighted by molar-refractivity contribution is -0.142. The van der Waals surface area contributed by atoms with Gasteiger partial charge in [-0.3, -0.25) is 4.79 Å². The van der Waals surface area contributed by atoms with Gasteiger partial charge in [0.05, 0.1) is 12.0 Å². The van der Waals surface area contributed by atoms with Crippen LogP contribution < -0.4 is 0 Å². The fourth-order valence-corrected chi connectivity index (χ4v) is 4.38. The van der Waals surface area contributed by atoms with Gasteiger partial charge in [0.15, 0.2) is 0 Å². The van der Waals surface area contributed by atoms with Gasteiger partial charge in [-0.1, -0.05) is 12.8 Å². The first-order chi connectivity index (χ1) is 7.68. The summed E-state index contributed by atoms with van der Waals surface area (Å²) in [6, 6.07) is 0. The van der Waals surface area contributed by atoms with Gasteiger partial charge >= 0.3 is 5.97 Å². The fourth-order valence-electron chi connectivity index (χ4n) is 2.66. The van der Waals surface area contributed by atoms with E-state index in [1.165, 1.54) is 6.42 Å². The summed E-state index contributed by atoms with van der Waals surface area (Å²) in [4.78, 5) is 11.2. The summed E-state index contributed by atoms with van der Waals surface area (Å²) in [5, 5.41) is 10.0. The number of carbonyl (C=O) groups is 1. The van der Waals surface area contributed by atoms with Crippen molar-refractivity contribution < 1.29 is 14.6 Å². The average Bonchev–Trinajstić information content (AvgIpc) is 2.65.